The number of guanidine groups is 1. The topological polar surface area (TPSA) is 141 Å². The minimum atomic E-state index is -0.250. The number of carbonyl (C=O) groups excluding carboxylic acids is 1. The molecule has 8 nitrogen and oxygen atoms in total. The van der Waals surface area contributed by atoms with E-state index in [1.54, 1.807) is 6.08 Å². The number of fused-ring (bicyclic) bond motifs is 1. The van der Waals surface area contributed by atoms with Crippen LogP contribution in [0, 0.1) is 5.41 Å². The number of hydrogen-bond donors (Lipinski definition) is 5. The molecule has 1 heterocycles. The largest absolute Gasteiger partial charge is 0.483 e. The number of aryl methyl sites for hydroxylation is 1. The molecule has 0 spiro atoms. The number of hydrogen-bond acceptors (Lipinski definition) is 5. The summed E-state index contributed by atoms with van der Waals surface area (Å²) in [4.78, 5) is 25.9. The number of carboxylic acid groups (broad SMARTS) is 1. The van der Waals surface area contributed by atoms with Crippen molar-refractivity contribution < 1.29 is 14.7 Å². The second kappa shape index (κ2) is 8.78. The molecule has 1 aromatic heterocycles. The number of thiazole rings is 1. The molecule has 1 atom stereocenters. The maximum atomic E-state index is 12.1. The second-order valence-electron chi connectivity index (χ2n) is 4.45. The number of nitrogens with one attached hydrogen (secondary N) is 3. The van der Waals surface area contributed by atoms with Gasteiger partial charge in [-0.2, -0.15) is 0 Å². The van der Waals surface area contributed by atoms with Crippen molar-refractivity contribution in [2.45, 2.75) is 25.2 Å². The van der Waals surface area contributed by atoms with Crippen LogP contribution in [0.15, 0.2) is 12.7 Å². The fourth-order valence-corrected chi connectivity index (χ4v) is 3.22. The fraction of sp³-hybridized carbons (Fsp3) is 0.385. The quantitative estimate of drug-likeness (QED) is 0.241. The van der Waals surface area contributed by atoms with Crippen LogP contribution in [0.4, 0.5) is 5.13 Å². The molecule has 0 radical (unpaired) electrons. The molecular weight excluding hydrogens is 306 g/mol. The first-order chi connectivity index (χ1) is 10.5. The molecular formula is C13H19N5O3S. The van der Waals surface area contributed by atoms with E-state index in [9.17, 15) is 4.79 Å². The van der Waals surface area contributed by atoms with E-state index in [4.69, 9.17) is 21.0 Å². The van der Waals surface area contributed by atoms with Crippen molar-refractivity contribution in [1.82, 2.24) is 10.3 Å². The molecule has 9 heteroatoms. The first-order valence-electron chi connectivity index (χ1n) is 6.60. The molecule has 0 bridgehead atoms. The normalized spacial score (nSPS) is 15.5. The van der Waals surface area contributed by atoms with E-state index in [0.29, 0.717) is 11.7 Å². The number of nitrogens with two attached hydrogens (primary N) is 1. The fourth-order valence-electron chi connectivity index (χ4n) is 2.14. The van der Waals surface area contributed by atoms with Gasteiger partial charge in [-0.1, -0.05) is 6.08 Å². The Bertz CT molecular complexity index is 558. The molecule has 1 amide bonds. The average molecular weight is 325 g/mol. The lowest BCUT2D eigenvalue weighted by molar-refractivity contribution is -0.123. The lowest BCUT2D eigenvalue weighted by atomic mass is 9.90. The molecule has 22 heavy (non-hydrogen) atoms. The van der Waals surface area contributed by atoms with Crippen LogP contribution in [0.3, 0.4) is 0 Å². The smallest absolute Gasteiger partial charge is 0.290 e. The minimum Gasteiger partial charge on any atom is -0.483 e. The van der Waals surface area contributed by atoms with Crippen LogP contribution in [0.25, 0.3) is 0 Å². The molecule has 1 aromatic rings. The van der Waals surface area contributed by atoms with Crippen molar-refractivity contribution in [3.63, 3.8) is 0 Å². The summed E-state index contributed by atoms with van der Waals surface area (Å²) >= 11 is 1.47. The second-order valence-corrected chi connectivity index (χ2v) is 5.53. The molecule has 0 saturated heterocycles. The molecule has 1 unspecified atom stereocenters. The van der Waals surface area contributed by atoms with Gasteiger partial charge in [0.2, 0.25) is 5.91 Å². The van der Waals surface area contributed by atoms with Crippen LogP contribution in [0.1, 0.15) is 29.3 Å². The van der Waals surface area contributed by atoms with Crippen LogP contribution >= 0.6 is 11.3 Å². The minimum absolute atomic E-state index is 0.0134. The Morgan fingerprint density at radius 3 is 2.91 bits per heavy atom. The number of amides is 1. The molecule has 0 fully saturated rings. The van der Waals surface area contributed by atoms with Gasteiger partial charge in [-0.15, -0.1) is 17.9 Å². The van der Waals surface area contributed by atoms with Crippen molar-refractivity contribution in [2.75, 3.05) is 11.9 Å². The maximum absolute atomic E-state index is 12.1. The number of anilines is 1. The van der Waals surface area contributed by atoms with Crippen LogP contribution in [0.2, 0.25) is 0 Å². The van der Waals surface area contributed by atoms with E-state index in [2.05, 4.69) is 22.2 Å². The number of rotatable bonds is 4. The van der Waals surface area contributed by atoms with Crippen LogP contribution in [-0.4, -0.2) is 35.0 Å². The Morgan fingerprint density at radius 1 is 1.64 bits per heavy atom. The third kappa shape index (κ3) is 4.85. The van der Waals surface area contributed by atoms with Crippen molar-refractivity contribution >= 4 is 34.8 Å². The molecule has 0 aromatic carbocycles. The van der Waals surface area contributed by atoms with Crippen LogP contribution < -0.4 is 16.4 Å². The Kier molecular flexibility index (Phi) is 7.03. The Labute approximate surface area is 131 Å². The highest BCUT2D eigenvalue weighted by Crippen LogP contribution is 2.36. The van der Waals surface area contributed by atoms with E-state index in [-0.39, 0.29) is 24.3 Å². The van der Waals surface area contributed by atoms with Gasteiger partial charge in [-0.25, -0.2) is 4.98 Å². The summed E-state index contributed by atoms with van der Waals surface area (Å²) in [5.41, 5.74) is 6.11. The molecule has 120 valence electrons. The van der Waals surface area contributed by atoms with Gasteiger partial charge in [0.15, 0.2) is 11.1 Å². The van der Waals surface area contributed by atoms with E-state index < -0.39 is 0 Å². The average Bonchev–Trinajstić information content (AvgIpc) is 2.86. The van der Waals surface area contributed by atoms with E-state index in [1.807, 2.05) is 0 Å². The Morgan fingerprint density at radius 2 is 2.32 bits per heavy atom. The maximum Gasteiger partial charge on any atom is 0.290 e. The van der Waals surface area contributed by atoms with Gasteiger partial charge >= 0.3 is 0 Å². The third-order valence-electron chi connectivity index (χ3n) is 2.93. The molecule has 6 N–H and O–H groups in total. The summed E-state index contributed by atoms with van der Waals surface area (Å²) in [7, 11) is 0. The number of nitrogens with zero attached hydrogens (tertiary/aromatic N) is 1. The van der Waals surface area contributed by atoms with Crippen molar-refractivity contribution in [1.29, 1.82) is 5.41 Å². The highest BCUT2D eigenvalue weighted by Gasteiger charge is 2.29. The monoisotopic (exact) mass is 325 g/mol. The first-order valence-corrected chi connectivity index (χ1v) is 7.42. The van der Waals surface area contributed by atoms with Gasteiger partial charge in [0.1, 0.15) is 0 Å². The highest BCUT2D eigenvalue weighted by atomic mass is 32.1. The van der Waals surface area contributed by atoms with E-state index in [1.165, 1.54) is 11.3 Å². The zero-order valence-electron chi connectivity index (χ0n) is 12.0. The SMILES string of the molecule is C=CCNC(=O)C1CCCc2sc(NC(=N)N)nc21.O=CO. The molecule has 0 aliphatic heterocycles. The zero-order valence-corrected chi connectivity index (χ0v) is 12.8. The summed E-state index contributed by atoms with van der Waals surface area (Å²) in [6.07, 6.45) is 4.36. The van der Waals surface area contributed by atoms with Gasteiger partial charge in [0.25, 0.3) is 6.47 Å². The first kappa shape index (κ1) is 17.6. The summed E-state index contributed by atoms with van der Waals surface area (Å²) in [5.74, 6) is -0.360. The van der Waals surface area contributed by atoms with Crippen LogP contribution in [-0.2, 0) is 16.0 Å². The summed E-state index contributed by atoms with van der Waals surface area (Å²) in [6, 6.07) is 0. The van der Waals surface area contributed by atoms with Crippen molar-refractivity contribution in [3.05, 3.63) is 23.2 Å². The summed E-state index contributed by atoms with van der Waals surface area (Å²) < 4.78 is 0. The molecule has 1 aliphatic carbocycles. The lowest BCUT2D eigenvalue weighted by Gasteiger charge is -2.19. The lowest BCUT2D eigenvalue weighted by Crippen LogP contribution is -2.31. The van der Waals surface area contributed by atoms with Crippen LogP contribution in [0.5, 0.6) is 0 Å². The molecule has 0 saturated carbocycles. The van der Waals surface area contributed by atoms with Crippen molar-refractivity contribution in [3.8, 4) is 0 Å². The Balaban J connectivity index is 0.000000745. The number of carbonyl (C=O) groups is 2. The van der Waals surface area contributed by atoms with Crippen molar-refractivity contribution in [2.24, 2.45) is 5.73 Å². The predicted molar refractivity (Wildman–Crippen MR) is 85.2 cm³/mol. The standard InChI is InChI=1S/C12H17N5OS.CH2O2/c1-2-6-15-10(18)7-4-3-5-8-9(7)16-12(19-8)17-11(13)14;2-1-3/h2,7H,1,3-6H2,(H,15,18)(H4,13,14,16,17);1H,(H,2,3). The summed E-state index contributed by atoms with van der Waals surface area (Å²) in [6.45, 7) is 3.80. The third-order valence-corrected chi connectivity index (χ3v) is 3.98. The summed E-state index contributed by atoms with van der Waals surface area (Å²) in [5, 5.41) is 20.2. The Hall–Kier alpha value is -2.42. The van der Waals surface area contributed by atoms with Gasteiger partial charge in [-0.3, -0.25) is 15.0 Å². The van der Waals surface area contributed by atoms with E-state index in [0.717, 1.165) is 29.8 Å². The van der Waals surface area contributed by atoms with Gasteiger partial charge in [0.05, 0.1) is 11.6 Å². The van der Waals surface area contributed by atoms with Gasteiger partial charge < -0.3 is 21.5 Å². The highest BCUT2D eigenvalue weighted by molar-refractivity contribution is 7.15. The molecule has 2 rings (SSSR count). The number of aromatic nitrogens is 1. The van der Waals surface area contributed by atoms with Gasteiger partial charge in [0, 0.05) is 11.4 Å². The predicted octanol–water partition coefficient (Wildman–Crippen LogP) is 0.871. The zero-order chi connectivity index (χ0) is 16.5. The van der Waals surface area contributed by atoms with Gasteiger partial charge in [-0.05, 0) is 19.3 Å². The van der Waals surface area contributed by atoms with E-state index >= 15 is 0 Å². The molecule has 1 aliphatic rings.